The Morgan fingerprint density at radius 2 is 0.422 bits per heavy atom. The molecule has 0 N–H and O–H groups in total. The second kappa shape index (κ2) is 55.0. The average molecular weight is 2480 g/mol. The van der Waals surface area contributed by atoms with Crippen LogP contribution in [-0.4, -0.2) is 59.8 Å². The van der Waals surface area contributed by atoms with Crippen LogP contribution >= 0.6 is 0 Å². The van der Waals surface area contributed by atoms with Gasteiger partial charge in [-0.05, 0) is 215 Å². The van der Waals surface area contributed by atoms with Crippen molar-refractivity contribution in [2.24, 2.45) is 0 Å². The fraction of sp³-hybridized carbons (Fsp3) is 0.0924. The Morgan fingerprint density at radius 1 is 0.170 bits per heavy atom. The van der Waals surface area contributed by atoms with Crippen molar-refractivity contribution in [3.8, 4) is 135 Å². The number of rotatable bonds is 12. The van der Waals surface area contributed by atoms with Gasteiger partial charge in [0.2, 0.25) is 0 Å². The predicted molar refractivity (Wildman–Crippen MR) is 533 cm³/mol. The summed E-state index contributed by atoms with van der Waals surface area (Å²) in [5.41, 5.74) is 28.4. The molecule has 12 nitrogen and oxygen atoms in total. The second-order valence-corrected chi connectivity index (χ2v) is 29.6. The molecule has 4 radical (unpaired) electrons. The van der Waals surface area contributed by atoms with Crippen LogP contribution in [0.25, 0.3) is 135 Å². The van der Waals surface area contributed by atoms with E-state index in [1.807, 2.05) is 274 Å². The fourth-order valence-corrected chi connectivity index (χ4v) is 12.6. The van der Waals surface area contributed by atoms with E-state index in [1.54, 1.807) is 95.1 Å². The second-order valence-electron chi connectivity index (χ2n) is 29.6. The van der Waals surface area contributed by atoms with Gasteiger partial charge in [0.25, 0.3) is 0 Å². The van der Waals surface area contributed by atoms with Crippen molar-refractivity contribution < 1.29 is 101 Å². The van der Waals surface area contributed by atoms with Gasteiger partial charge < -0.3 is 39.9 Å². The summed E-state index contributed by atoms with van der Waals surface area (Å²) in [7, 11) is 0. The summed E-state index contributed by atoms with van der Waals surface area (Å²) >= 11 is 0. The van der Waals surface area contributed by atoms with Crippen LogP contribution in [0.4, 0.5) is 0 Å². The van der Waals surface area contributed by atoms with Gasteiger partial charge in [-0.15, -0.1) is 263 Å². The zero-order valence-electron chi connectivity index (χ0n) is 89.2. The molecule has 0 bridgehead atoms. The van der Waals surface area contributed by atoms with E-state index in [-0.39, 0.29) is 86.0 Å². The quantitative estimate of drug-likeness (QED) is 0.107. The van der Waals surface area contributed by atoms with Crippen LogP contribution in [0.3, 0.4) is 0 Å². The minimum Gasteiger partial charge on any atom is -0.305 e. The Labute approximate surface area is 870 Å². The molecule has 0 saturated carbocycles. The Morgan fingerprint density at radius 3 is 0.667 bits per heavy atom. The van der Waals surface area contributed by atoms with Crippen molar-refractivity contribution in [3.05, 3.63) is 506 Å². The van der Waals surface area contributed by atoms with E-state index >= 15 is 0 Å². The van der Waals surface area contributed by atoms with Gasteiger partial charge in [0, 0.05) is 175 Å². The molecule has 12 heterocycles. The monoisotopic (exact) mass is 2480 g/mol. The molecule has 0 aliphatic carbocycles. The zero-order valence-corrected chi connectivity index (χ0v) is 83.8. The van der Waals surface area contributed by atoms with Gasteiger partial charge in [-0.2, -0.15) is 0 Å². The van der Waals surface area contributed by atoms with E-state index in [0.29, 0.717) is 27.9 Å². The predicted octanol–water partition coefficient (Wildman–Crippen LogP) is 28.0. The molecule has 0 amide bonds. The number of aromatic nitrogens is 12. The smallest absolute Gasteiger partial charge is 0.0518 e. The molecular weight excluding hydrogens is 2370 g/mol. The third-order valence-corrected chi connectivity index (χ3v) is 19.8. The molecule has 0 aliphatic heterocycles. The third-order valence-electron chi connectivity index (χ3n) is 19.8. The van der Waals surface area contributed by atoms with Crippen LogP contribution in [0.2, 0.25) is 0 Å². The van der Waals surface area contributed by atoms with Crippen molar-refractivity contribution in [1.29, 1.82) is 0 Å². The molecule has 0 fully saturated rings. The minimum atomic E-state index is -2.13. The van der Waals surface area contributed by atoms with Gasteiger partial charge in [-0.25, -0.2) is 0 Å². The van der Waals surface area contributed by atoms with Crippen LogP contribution in [0.15, 0.2) is 396 Å². The Bertz CT molecular complexity index is 7110. The number of nitrogens with zero attached hydrogens (tertiary/aromatic N) is 12. The van der Waals surface area contributed by atoms with Crippen LogP contribution in [0, 0.1) is 124 Å². The summed E-state index contributed by atoms with van der Waals surface area (Å²) in [6.45, 7) is 0.707. The molecule has 12 aromatic heterocycles. The molecule has 678 valence electrons. The van der Waals surface area contributed by atoms with E-state index in [2.05, 4.69) is 146 Å². The molecule has 8 aromatic carbocycles. The van der Waals surface area contributed by atoms with Crippen molar-refractivity contribution in [1.82, 2.24) is 59.8 Å². The van der Waals surface area contributed by atoms with Crippen molar-refractivity contribution in [2.75, 3.05) is 0 Å². The average Bonchev–Trinajstić information content (AvgIpc) is 0.814. The summed E-state index contributed by atoms with van der Waals surface area (Å²) in [5.74, 6) is 0. The normalized spacial score (nSPS) is 12.1. The number of hydrogen-bond donors (Lipinski definition) is 0. The van der Waals surface area contributed by atoms with Crippen LogP contribution in [-0.2, 0) is 80.4 Å². The molecule has 20 aromatic rings. The molecule has 0 atom stereocenters. The number of pyridine rings is 12. The zero-order chi connectivity index (χ0) is 104. The number of benzene rings is 8. The molecule has 0 aliphatic rings. The maximum atomic E-state index is 7.37. The fourth-order valence-electron chi connectivity index (χ4n) is 12.6. The summed E-state index contributed by atoms with van der Waals surface area (Å²) in [5, 5.41) is 0. The first-order valence-corrected chi connectivity index (χ1v) is 41.8. The largest absolute Gasteiger partial charge is 0.305 e. The van der Waals surface area contributed by atoms with Crippen molar-refractivity contribution >= 4 is 0 Å². The number of hydrogen-bond acceptors (Lipinski definition) is 12. The Kier molecular flexibility index (Phi) is 34.3. The summed E-state index contributed by atoms with van der Waals surface area (Å²) in [6.07, 6.45) is 19.7. The van der Waals surface area contributed by atoms with E-state index in [4.69, 9.17) is 20.6 Å². The molecule has 0 unspecified atom stereocenters. The van der Waals surface area contributed by atoms with Gasteiger partial charge in [-0.1, -0.05) is 141 Å². The maximum absolute atomic E-state index is 7.37. The Balaban J connectivity index is 0.000000190. The van der Waals surface area contributed by atoms with E-state index < -0.39 is 34.3 Å². The molecule has 20 rings (SSSR count). The number of aryl methyl sites for hydroxylation is 11. The van der Waals surface area contributed by atoms with E-state index in [0.717, 1.165) is 157 Å². The summed E-state index contributed by atoms with van der Waals surface area (Å²) in [4.78, 5) is 51.5. The summed E-state index contributed by atoms with van der Waals surface area (Å²) < 4.78 is 111. The third kappa shape index (κ3) is 32.2. The van der Waals surface area contributed by atoms with Gasteiger partial charge in [0.05, 0.1) is 22.8 Å². The molecule has 0 spiro atoms. The Hall–Kier alpha value is -13.8. The van der Waals surface area contributed by atoms with Crippen LogP contribution in [0.1, 0.15) is 81.8 Å². The maximum Gasteiger partial charge on any atom is 0.0518 e. The first kappa shape index (κ1) is 84.2. The minimum absolute atomic E-state index is 0. The topological polar surface area (TPSA) is 155 Å². The first-order valence-electron chi connectivity index (χ1n) is 49.3. The molecule has 16 heteroatoms. The van der Waals surface area contributed by atoms with Crippen molar-refractivity contribution in [2.45, 2.75) is 75.8 Å². The van der Waals surface area contributed by atoms with Gasteiger partial charge in [-0.3, -0.25) is 19.9 Å². The molecule has 135 heavy (non-hydrogen) atoms. The standard InChI is InChI=1S/3C17H13N2.C16H11N2.4C13H12N.4Ir/c2*1-13-8-9-17(19-12-13)15-6-4-5-14(11-15)16-7-2-3-10-18-16;1-13-8-10-19-17(11-13)15-6-4-5-14(12-15)16-7-2-3-9-18-16;1-3-10-17-15(8-1)13-6-5-7-14(12-13)16-9-2-4-11-18-16;4*1-10-8-13(14-9-11(10)2)12-6-4-3-5-7-12;;;;/h3*2-5,7-12H,1H3;1-6,8-12H;4*3-6,8-9H,1-2H3;;;;/q8*-1;;;;/i1D3;;;;4*2D3;;;;. The molecule has 0 saturated heterocycles. The SMILES string of the molecule is Cc1ccc(-c2[c-]ccc(-c3ccccn3)c2)nc1.Cc1ccnc(-c2[c-]ccc(-c3ccccn3)c2)c1.[2H]C([2H])([2H])c1ccc(-c2[c-]ccc(-c3ccccn3)c2)nc1.[2H]C([2H])([2H])c1cnc(-c2[c-]cccc2)cc1C.[2H]C([2H])([2H])c1cnc(-c2[c-]cccc2)cc1C.[2H]C([2H])([2H])c1cnc(-c2[c-]cccc2)cc1C.[2H]C([2H])([2H])c1cnc(-c2[c-]cccc2)cc1C.[Ir].[Ir].[Ir].[Ir].[c-]1ccc(-c2ccccn2)cc1-c1ccccn1. The van der Waals surface area contributed by atoms with Crippen molar-refractivity contribution in [3.63, 3.8) is 0 Å². The van der Waals surface area contributed by atoms with Gasteiger partial charge >= 0.3 is 0 Å². The molecular formula is C119H98Ir4N12-8. The van der Waals surface area contributed by atoms with E-state index in [1.165, 1.54) is 36.5 Å². The van der Waals surface area contributed by atoms with Crippen LogP contribution in [0.5, 0.6) is 0 Å². The van der Waals surface area contributed by atoms with E-state index in [9.17, 15) is 0 Å². The van der Waals surface area contributed by atoms with Gasteiger partial charge in [0.1, 0.15) is 0 Å². The first-order chi connectivity index (χ1) is 70.1. The van der Waals surface area contributed by atoms with Gasteiger partial charge in [0.15, 0.2) is 0 Å². The summed E-state index contributed by atoms with van der Waals surface area (Å²) in [6, 6.07) is 127. The van der Waals surface area contributed by atoms with Crippen LogP contribution < -0.4 is 0 Å².